The highest BCUT2D eigenvalue weighted by Crippen LogP contribution is 2.12. The molecule has 24 heavy (non-hydrogen) atoms. The smallest absolute Gasteiger partial charge is 0.358 e. The van der Waals surface area contributed by atoms with Crippen LogP contribution in [0.5, 0.6) is 0 Å². The Balaban J connectivity index is 1.78. The third-order valence-corrected chi connectivity index (χ3v) is 3.82. The summed E-state index contributed by atoms with van der Waals surface area (Å²) >= 11 is 0. The number of carbonyl (C=O) groups is 1. The number of aryl methyl sites for hydroxylation is 3. The van der Waals surface area contributed by atoms with Gasteiger partial charge < -0.3 is 15.4 Å². The molecule has 1 atom stereocenters. The SMILES string of the molecule is Cc1ccnn1CCCNC(=O)C(C)Cn1nc([N+](=O)[O-])cc1C. The lowest BCUT2D eigenvalue weighted by Gasteiger charge is -2.12. The van der Waals surface area contributed by atoms with Gasteiger partial charge >= 0.3 is 5.82 Å². The van der Waals surface area contributed by atoms with Crippen LogP contribution in [0.15, 0.2) is 18.3 Å². The van der Waals surface area contributed by atoms with E-state index in [1.807, 2.05) is 17.7 Å². The van der Waals surface area contributed by atoms with Crippen LogP contribution in [0.4, 0.5) is 5.82 Å². The summed E-state index contributed by atoms with van der Waals surface area (Å²) < 4.78 is 3.39. The summed E-state index contributed by atoms with van der Waals surface area (Å²) in [5.74, 6) is -0.617. The molecule has 0 aliphatic carbocycles. The van der Waals surface area contributed by atoms with Crippen LogP contribution in [-0.2, 0) is 17.9 Å². The standard InChI is InChI=1S/C15H22N6O3/c1-11(10-20-13(3)9-14(18-20)21(23)24)15(22)16-6-4-8-19-12(2)5-7-17-19/h5,7,9,11H,4,6,8,10H2,1-3H3,(H,16,22). The van der Waals surface area contributed by atoms with E-state index < -0.39 is 4.92 Å². The van der Waals surface area contributed by atoms with E-state index in [1.165, 1.54) is 10.7 Å². The lowest BCUT2D eigenvalue weighted by atomic mass is 10.1. The molecule has 1 unspecified atom stereocenters. The van der Waals surface area contributed by atoms with Gasteiger partial charge in [-0.1, -0.05) is 6.92 Å². The summed E-state index contributed by atoms with van der Waals surface area (Å²) in [6.07, 6.45) is 2.54. The average Bonchev–Trinajstić information content (AvgIpc) is 3.10. The van der Waals surface area contributed by atoms with Gasteiger partial charge in [0.1, 0.15) is 0 Å². The van der Waals surface area contributed by atoms with Crippen molar-refractivity contribution >= 4 is 11.7 Å². The largest absolute Gasteiger partial charge is 0.390 e. The number of aromatic nitrogens is 4. The minimum absolute atomic E-state index is 0.0928. The van der Waals surface area contributed by atoms with E-state index in [-0.39, 0.29) is 17.6 Å². The Morgan fingerprint density at radius 3 is 2.71 bits per heavy atom. The Labute approximate surface area is 139 Å². The predicted octanol–water partition coefficient (Wildman–Crippen LogP) is 1.45. The van der Waals surface area contributed by atoms with Gasteiger partial charge in [-0.3, -0.25) is 9.48 Å². The van der Waals surface area contributed by atoms with Crippen molar-refractivity contribution in [2.45, 2.75) is 40.3 Å². The fraction of sp³-hybridized carbons (Fsp3) is 0.533. The first-order valence-corrected chi connectivity index (χ1v) is 7.83. The first-order valence-electron chi connectivity index (χ1n) is 7.83. The molecule has 1 N–H and O–H groups in total. The van der Waals surface area contributed by atoms with Crippen LogP contribution in [0.2, 0.25) is 0 Å². The van der Waals surface area contributed by atoms with Crippen LogP contribution in [-0.4, -0.2) is 36.9 Å². The highest BCUT2D eigenvalue weighted by molar-refractivity contribution is 5.78. The summed E-state index contributed by atoms with van der Waals surface area (Å²) in [6, 6.07) is 3.34. The van der Waals surface area contributed by atoms with Gasteiger partial charge in [0.25, 0.3) is 0 Å². The normalized spacial score (nSPS) is 12.1. The summed E-state index contributed by atoms with van der Waals surface area (Å²) in [6.45, 7) is 7.11. The zero-order chi connectivity index (χ0) is 17.7. The zero-order valence-corrected chi connectivity index (χ0v) is 14.1. The van der Waals surface area contributed by atoms with Crippen molar-refractivity contribution in [1.29, 1.82) is 0 Å². The van der Waals surface area contributed by atoms with Crippen LogP contribution in [0.25, 0.3) is 0 Å². The van der Waals surface area contributed by atoms with Gasteiger partial charge in [0.05, 0.1) is 29.3 Å². The second kappa shape index (κ2) is 7.71. The fourth-order valence-electron chi connectivity index (χ4n) is 2.36. The van der Waals surface area contributed by atoms with Crippen molar-refractivity contribution in [2.24, 2.45) is 5.92 Å². The third-order valence-electron chi connectivity index (χ3n) is 3.82. The van der Waals surface area contributed by atoms with E-state index in [1.54, 1.807) is 20.0 Å². The van der Waals surface area contributed by atoms with E-state index in [4.69, 9.17) is 0 Å². The molecule has 0 aromatic carbocycles. The minimum Gasteiger partial charge on any atom is -0.358 e. The second-order valence-corrected chi connectivity index (χ2v) is 5.82. The molecule has 0 saturated heterocycles. The summed E-state index contributed by atoms with van der Waals surface area (Å²) in [4.78, 5) is 22.3. The Bertz CT molecular complexity index is 721. The van der Waals surface area contributed by atoms with E-state index in [2.05, 4.69) is 15.5 Å². The van der Waals surface area contributed by atoms with Gasteiger partial charge in [0.2, 0.25) is 5.91 Å². The Morgan fingerprint density at radius 1 is 1.38 bits per heavy atom. The Hall–Kier alpha value is -2.71. The quantitative estimate of drug-likeness (QED) is 0.446. The maximum absolute atomic E-state index is 12.1. The molecule has 0 fully saturated rings. The highest BCUT2D eigenvalue weighted by atomic mass is 16.6. The van der Waals surface area contributed by atoms with Crippen molar-refractivity contribution in [2.75, 3.05) is 6.54 Å². The molecule has 1 amide bonds. The molecule has 0 radical (unpaired) electrons. The van der Waals surface area contributed by atoms with E-state index >= 15 is 0 Å². The molecule has 0 aliphatic rings. The number of hydrogen-bond donors (Lipinski definition) is 1. The number of rotatable bonds is 8. The summed E-state index contributed by atoms with van der Waals surface area (Å²) in [5, 5.41) is 21.7. The number of nitro groups is 1. The molecule has 9 nitrogen and oxygen atoms in total. The maximum Gasteiger partial charge on any atom is 0.390 e. The lowest BCUT2D eigenvalue weighted by Crippen LogP contribution is -2.33. The first-order chi connectivity index (χ1) is 11.4. The minimum atomic E-state index is -0.536. The Kier molecular flexibility index (Phi) is 5.67. The average molecular weight is 334 g/mol. The van der Waals surface area contributed by atoms with Crippen LogP contribution in [0.1, 0.15) is 24.7 Å². The second-order valence-electron chi connectivity index (χ2n) is 5.82. The molecular weight excluding hydrogens is 312 g/mol. The van der Waals surface area contributed by atoms with Crippen molar-refractivity contribution in [3.05, 3.63) is 39.8 Å². The van der Waals surface area contributed by atoms with Crippen molar-refractivity contribution < 1.29 is 9.72 Å². The van der Waals surface area contributed by atoms with Crippen molar-refractivity contribution in [3.63, 3.8) is 0 Å². The van der Waals surface area contributed by atoms with Crippen LogP contribution < -0.4 is 5.32 Å². The maximum atomic E-state index is 12.1. The van der Waals surface area contributed by atoms with Gasteiger partial charge in [0.15, 0.2) is 0 Å². The fourth-order valence-corrected chi connectivity index (χ4v) is 2.36. The number of nitrogens with zero attached hydrogens (tertiary/aromatic N) is 5. The van der Waals surface area contributed by atoms with Crippen molar-refractivity contribution in [1.82, 2.24) is 24.9 Å². The predicted molar refractivity (Wildman–Crippen MR) is 87.4 cm³/mol. The highest BCUT2D eigenvalue weighted by Gasteiger charge is 2.20. The third kappa shape index (κ3) is 4.40. The van der Waals surface area contributed by atoms with E-state index in [0.717, 1.165) is 18.7 Å². The molecule has 2 aromatic rings. The molecular formula is C15H22N6O3. The molecule has 130 valence electrons. The van der Waals surface area contributed by atoms with Gasteiger partial charge in [-0.2, -0.15) is 9.78 Å². The lowest BCUT2D eigenvalue weighted by molar-refractivity contribution is -0.389. The molecule has 9 heteroatoms. The van der Waals surface area contributed by atoms with Crippen molar-refractivity contribution in [3.8, 4) is 0 Å². The van der Waals surface area contributed by atoms with Crippen LogP contribution >= 0.6 is 0 Å². The first kappa shape index (κ1) is 17.6. The zero-order valence-electron chi connectivity index (χ0n) is 14.1. The summed E-state index contributed by atoms with van der Waals surface area (Å²) in [5.41, 5.74) is 1.75. The molecule has 0 spiro atoms. The summed E-state index contributed by atoms with van der Waals surface area (Å²) in [7, 11) is 0. The van der Waals surface area contributed by atoms with Gasteiger partial charge in [-0.15, -0.1) is 0 Å². The van der Waals surface area contributed by atoms with Gasteiger partial charge in [0, 0.05) is 25.0 Å². The molecule has 0 saturated carbocycles. The topological polar surface area (TPSA) is 108 Å². The molecule has 2 aromatic heterocycles. The molecule has 0 bridgehead atoms. The number of amides is 1. The molecule has 0 aliphatic heterocycles. The molecule has 2 heterocycles. The van der Waals surface area contributed by atoms with E-state index in [9.17, 15) is 14.9 Å². The molecule has 2 rings (SSSR count). The monoisotopic (exact) mass is 334 g/mol. The van der Waals surface area contributed by atoms with Crippen LogP contribution in [0, 0.1) is 29.9 Å². The van der Waals surface area contributed by atoms with Gasteiger partial charge in [-0.05, 0) is 31.3 Å². The van der Waals surface area contributed by atoms with E-state index in [0.29, 0.717) is 18.8 Å². The number of carbonyl (C=O) groups excluding carboxylic acids is 1. The van der Waals surface area contributed by atoms with Gasteiger partial charge in [-0.25, -0.2) is 0 Å². The number of nitrogens with one attached hydrogen (secondary N) is 1. The number of hydrogen-bond acceptors (Lipinski definition) is 5. The Morgan fingerprint density at radius 2 is 2.12 bits per heavy atom. The van der Waals surface area contributed by atoms with Crippen LogP contribution in [0.3, 0.4) is 0 Å².